The van der Waals surface area contributed by atoms with Gasteiger partial charge in [0, 0.05) is 5.56 Å². The smallest absolute Gasteiger partial charge is 0.394 e. The number of ether oxygens (including phenoxy) is 2. The first-order valence-corrected chi connectivity index (χ1v) is 7.23. The predicted molar refractivity (Wildman–Crippen MR) is 75.7 cm³/mol. The standard InChI is InChI=1S/C14H10O2.H2O4S/c1-3-7-11(8-4-1)13-14(16-13)15-12-9-5-2-6-10-12;1-5(2,3)4/h1-10H;(H2,1,2,3,4). The van der Waals surface area contributed by atoms with Gasteiger partial charge >= 0.3 is 16.3 Å². The van der Waals surface area contributed by atoms with Crippen LogP contribution in [0.4, 0.5) is 0 Å². The third-order valence-electron chi connectivity index (χ3n) is 2.33. The Morgan fingerprint density at radius 1 is 0.857 bits per heavy atom. The zero-order valence-corrected chi connectivity index (χ0v) is 11.5. The lowest BCUT2D eigenvalue weighted by atomic mass is 10.2. The van der Waals surface area contributed by atoms with Crippen LogP contribution in [-0.2, 0) is 15.1 Å². The van der Waals surface area contributed by atoms with E-state index in [0.717, 1.165) is 17.1 Å². The summed E-state index contributed by atoms with van der Waals surface area (Å²) in [6, 6.07) is 19.5. The summed E-state index contributed by atoms with van der Waals surface area (Å²) in [7, 11) is -4.67. The zero-order valence-electron chi connectivity index (χ0n) is 10.7. The first kappa shape index (κ1) is 15.0. The minimum absolute atomic E-state index is 0.595. The Balaban J connectivity index is 0.000000282. The minimum atomic E-state index is -4.67. The topological polar surface area (TPSA) is 96.4 Å². The largest absolute Gasteiger partial charge is 0.423 e. The van der Waals surface area contributed by atoms with Crippen molar-refractivity contribution in [3.63, 3.8) is 0 Å². The second kappa shape index (κ2) is 6.40. The molecule has 6 nitrogen and oxygen atoms in total. The normalized spacial score (nSPS) is 12.9. The molecule has 2 N–H and O–H groups in total. The van der Waals surface area contributed by atoms with Gasteiger partial charge in [0.05, 0.1) is 0 Å². The molecule has 0 atom stereocenters. The predicted octanol–water partition coefficient (Wildman–Crippen LogP) is 2.77. The van der Waals surface area contributed by atoms with Crippen molar-refractivity contribution in [2.75, 3.05) is 0 Å². The van der Waals surface area contributed by atoms with E-state index in [1.165, 1.54) is 0 Å². The van der Waals surface area contributed by atoms with E-state index in [-0.39, 0.29) is 0 Å². The van der Waals surface area contributed by atoms with Crippen LogP contribution in [0.3, 0.4) is 0 Å². The summed E-state index contributed by atoms with van der Waals surface area (Å²) in [4.78, 5) is 0. The van der Waals surface area contributed by atoms with Gasteiger partial charge in [0.1, 0.15) is 5.75 Å². The van der Waals surface area contributed by atoms with Crippen LogP contribution in [0, 0.1) is 0 Å². The fraction of sp³-hybridized carbons (Fsp3) is 0. The van der Waals surface area contributed by atoms with Crippen LogP contribution in [0.25, 0.3) is 5.76 Å². The van der Waals surface area contributed by atoms with Crippen LogP contribution in [0.5, 0.6) is 5.75 Å². The number of hydrogen-bond donors (Lipinski definition) is 2. The van der Waals surface area contributed by atoms with Crippen LogP contribution in [0.2, 0.25) is 0 Å². The maximum absolute atomic E-state index is 8.74. The van der Waals surface area contributed by atoms with E-state index in [1.807, 2.05) is 60.7 Å². The summed E-state index contributed by atoms with van der Waals surface area (Å²) < 4.78 is 42.5. The molecule has 21 heavy (non-hydrogen) atoms. The maximum Gasteiger partial charge on any atom is 0.394 e. The molecule has 0 fully saturated rings. The van der Waals surface area contributed by atoms with Gasteiger partial charge in [0.25, 0.3) is 0 Å². The van der Waals surface area contributed by atoms with Crippen molar-refractivity contribution in [3.05, 3.63) is 72.2 Å². The van der Waals surface area contributed by atoms with Gasteiger partial charge < -0.3 is 9.47 Å². The molecule has 1 heterocycles. The molecule has 0 saturated carbocycles. The number of para-hydroxylation sites is 1. The van der Waals surface area contributed by atoms with Crippen molar-refractivity contribution in [2.45, 2.75) is 0 Å². The van der Waals surface area contributed by atoms with Crippen molar-refractivity contribution in [3.8, 4) is 5.75 Å². The fourth-order valence-corrected chi connectivity index (χ4v) is 1.50. The molecule has 2 aromatic carbocycles. The zero-order chi connectivity index (χ0) is 15.3. The molecule has 0 aliphatic carbocycles. The molecule has 1 aliphatic heterocycles. The molecular weight excluding hydrogens is 296 g/mol. The van der Waals surface area contributed by atoms with Crippen LogP contribution in [-0.4, -0.2) is 17.5 Å². The molecular formula is C14H12O6S. The fourth-order valence-electron chi connectivity index (χ4n) is 1.50. The molecule has 0 bridgehead atoms. The summed E-state index contributed by atoms with van der Waals surface area (Å²) in [5, 5.41) is 0. The highest BCUT2D eigenvalue weighted by atomic mass is 32.3. The van der Waals surface area contributed by atoms with Crippen molar-refractivity contribution in [2.24, 2.45) is 0 Å². The minimum Gasteiger partial charge on any atom is -0.423 e. The summed E-state index contributed by atoms with van der Waals surface area (Å²) in [6.45, 7) is 0. The highest BCUT2D eigenvalue weighted by Crippen LogP contribution is 2.37. The lowest BCUT2D eigenvalue weighted by Gasteiger charge is -1.95. The van der Waals surface area contributed by atoms with E-state index >= 15 is 0 Å². The molecule has 0 radical (unpaired) electrons. The number of hydrogen-bond acceptors (Lipinski definition) is 4. The first-order valence-electron chi connectivity index (χ1n) is 5.84. The summed E-state index contributed by atoms with van der Waals surface area (Å²) in [6.07, 6.45) is 0. The Labute approximate surface area is 121 Å². The van der Waals surface area contributed by atoms with Crippen LogP contribution < -0.4 is 4.74 Å². The van der Waals surface area contributed by atoms with Gasteiger partial charge in [-0.3, -0.25) is 9.11 Å². The molecule has 3 rings (SSSR count). The Kier molecular flexibility index (Phi) is 4.59. The van der Waals surface area contributed by atoms with Gasteiger partial charge in [-0.05, 0) is 12.1 Å². The van der Waals surface area contributed by atoms with Crippen LogP contribution in [0.15, 0.2) is 66.6 Å². The molecule has 110 valence electrons. The Bertz CT molecular complexity index is 715. The van der Waals surface area contributed by atoms with E-state index in [0.29, 0.717) is 5.95 Å². The van der Waals surface area contributed by atoms with Crippen LogP contribution in [0.1, 0.15) is 5.56 Å². The second-order valence-electron chi connectivity index (χ2n) is 3.95. The lowest BCUT2D eigenvalue weighted by molar-refractivity contribution is 0.302. The number of rotatable bonds is 3. The van der Waals surface area contributed by atoms with E-state index in [2.05, 4.69) is 0 Å². The molecule has 0 saturated heterocycles. The molecule has 0 unspecified atom stereocenters. The Hall–Kier alpha value is -2.35. The van der Waals surface area contributed by atoms with Crippen molar-refractivity contribution < 1.29 is 27.0 Å². The summed E-state index contributed by atoms with van der Waals surface area (Å²) >= 11 is 0. The third kappa shape index (κ3) is 5.65. The van der Waals surface area contributed by atoms with Gasteiger partial charge in [-0.25, -0.2) is 0 Å². The molecule has 1 aliphatic rings. The molecule has 0 spiro atoms. The van der Waals surface area contributed by atoms with Crippen molar-refractivity contribution in [1.82, 2.24) is 0 Å². The molecule has 7 heteroatoms. The van der Waals surface area contributed by atoms with Gasteiger partial charge in [-0.1, -0.05) is 48.5 Å². The molecule has 2 aromatic rings. The third-order valence-corrected chi connectivity index (χ3v) is 2.33. The maximum atomic E-state index is 8.74. The van der Waals surface area contributed by atoms with E-state index in [4.69, 9.17) is 27.0 Å². The molecule has 0 aromatic heterocycles. The quantitative estimate of drug-likeness (QED) is 0.846. The van der Waals surface area contributed by atoms with Gasteiger partial charge in [-0.2, -0.15) is 8.42 Å². The van der Waals surface area contributed by atoms with E-state index in [1.54, 1.807) is 0 Å². The lowest BCUT2D eigenvalue weighted by Crippen LogP contribution is -1.89. The van der Waals surface area contributed by atoms with Gasteiger partial charge in [0.15, 0.2) is 0 Å². The molecule has 0 amide bonds. The average molecular weight is 308 g/mol. The summed E-state index contributed by atoms with van der Waals surface area (Å²) in [5.74, 6) is 2.21. The second-order valence-corrected chi connectivity index (χ2v) is 4.84. The Morgan fingerprint density at radius 3 is 1.86 bits per heavy atom. The number of benzene rings is 2. The highest BCUT2D eigenvalue weighted by Gasteiger charge is 2.29. The van der Waals surface area contributed by atoms with Crippen molar-refractivity contribution in [1.29, 1.82) is 0 Å². The van der Waals surface area contributed by atoms with Crippen LogP contribution >= 0.6 is 0 Å². The summed E-state index contributed by atoms with van der Waals surface area (Å²) in [5.41, 5.74) is 1.05. The Morgan fingerprint density at radius 2 is 1.33 bits per heavy atom. The SMILES string of the molecule is O=S(=O)(O)O.c1ccc(OC2=C(c3ccccc3)O2)cc1. The van der Waals surface area contributed by atoms with Gasteiger partial charge in [0.2, 0.25) is 5.76 Å². The van der Waals surface area contributed by atoms with Crippen molar-refractivity contribution >= 4 is 16.2 Å². The first-order chi connectivity index (χ1) is 9.93. The van der Waals surface area contributed by atoms with Gasteiger partial charge in [-0.15, -0.1) is 0 Å². The van der Waals surface area contributed by atoms with E-state index in [9.17, 15) is 0 Å². The highest BCUT2D eigenvalue weighted by molar-refractivity contribution is 7.79. The van der Waals surface area contributed by atoms with E-state index < -0.39 is 10.4 Å². The monoisotopic (exact) mass is 308 g/mol. The average Bonchev–Trinajstić information content (AvgIpc) is 3.18.